The van der Waals surface area contributed by atoms with Crippen LogP contribution in [-0.2, 0) is 4.74 Å². The fourth-order valence-corrected chi connectivity index (χ4v) is 4.84. The Morgan fingerprint density at radius 3 is 2.26 bits per heavy atom. The molecule has 4 heteroatoms. The van der Waals surface area contributed by atoms with Crippen molar-refractivity contribution in [2.24, 2.45) is 5.92 Å². The maximum atomic E-state index is 14.4. The van der Waals surface area contributed by atoms with Gasteiger partial charge in [-0.1, -0.05) is 19.4 Å². The molecule has 0 bridgehead atoms. The van der Waals surface area contributed by atoms with E-state index in [0.717, 1.165) is 32.1 Å². The van der Waals surface area contributed by atoms with Crippen molar-refractivity contribution in [1.29, 1.82) is 0 Å². The predicted molar refractivity (Wildman–Crippen MR) is 104 cm³/mol. The Bertz CT molecular complexity index is 596. The molecule has 1 aromatic rings. The first-order valence-electron chi connectivity index (χ1n) is 10.9. The summed E-state index contributed by atoms with van der Waals surface area (Å²) in [6, 6.07) is 3.29. The standard InChI is InChI=1S/C23H34F2O2/c1-3-5-18-12-13-19(27-18)11-8-16-6-9-17(10-7-16)20-14-15-21(26-4-2)23(25)22(20)24/h14-19H,3-13H2,1-2H3. The number of benzene rings is 1. The van der Waals surface area contributed by atoms with Crippen LogP contribution in [0.15, 0.2) is 12.1 Å². The molecule has 1 saturated carbocycles. The monoisotopic (exact) mass is 380 g/mol. The van der Waals surface area contributed by atoms with Crippen LogP contribution in [0.3, 0.4) is 0 Å². The van der Waals surface area contributed by atoms with Crippen molar-refractivity contribution in [3.05, 3.63) is 29.3 Å². The number of hydrogen-bond donors (Lipinski definition) is 0. The van der Waals surface area contributed by atoms with Crippen molar-refractivity contribution in [3.8, 4) is 5.75 Å². The summed E-state index contributed by atoms with van der Waals surface area (Å²) in [5.74, 6) is -0.707. The van der Waals surface area contributed by atoms with Crippen LogP contribution in [0.4, 0.5) is 8.78 Å². The highest BCUT2D eigenvalue weighted by Gasteiger charge is 2.29. The Kier molecular flexibility index (Phi) is 7.51. The zero-order valence-corrected chi connectivity index (χ0v) is 16.8. The van der Waals surface area contributed by atoms with E-state index >= 15 is 0 Å². The van der Waals surface area contributed by atoms with Crippen molar-refractivity contribution in [3.63, 3.8) is 0 Å². The van der Waals surface area contributed by atoms with Gasteiger partial charge >= 0.3 is 0 Å². The van der Waals surface area contributed by atoms with Gasteiger partial charge in [-0.2, -0.15) is 4.39 Å². The smallest absolute Gasteiger partial charge is 0.200 e. The lowest BCUT2D eigenvalue weighted by atomic mass is 9.76. The van der Waals surface area contributed by atoms with Crippen molar-refractivity contribution in [2.45, 2.75) is 96.2 Å². The molecule has 1 aliphatic carbocycles. The van der Waals surface area contributed by atoms with Crippen LogP contribution in [0.1, 0.15) is 89.5 Å². The summed E-state index contributed by atoms with van der Waals surface area (Å²) < 4.78 is 39.9. The van der Waals surface area contributed by atoms with E-state index in [9.17, 15) is 8.78 Å². The molecule has 2 fully saturated rings. The van der Waals surface area contributed by atoms with Crippen LogP contribution >= 0.6 is 0 Å². The van der Waals surface area contributed by atoms with E-state index in [0.29, 0.717) is 30.3 Å². The topological polar surface area (TPSA) is 18.5 Å². The van der Waals surface area contributed by atoms with Gasteiger partial charge in [-0.25, -0.2) is 4.39 Å². The third-order valence-corrected chi connectivity index (χ3v) is 6.37. The Morgan fingerprint density at radius 2 is 1.59 bits per heavy atom. The van der Waals surface area contributed by atoms with E-state index in [-0.39, 0.29) is 11.7 Å². The van der Waals surface area contributed by atoms with Gasteiger partial charge in [-0.15, -0.1) is 0 Å². The van der Waals surface area contributed by atoms with Crippen molar-refractivity contribution in [2.75, 3.05) is 6.61 Å². The Morgan fingerprint density at radius 1 is 0.889 bits per heavy atom. The summed E-state index contributed by atoms with van der Waals surface area (Å²) >= 11 is 0. The van der Waals surface area contributed by atoms with Crippen molar-refractivity contribution >= 4 is 0 Å². The van der Waals surface area contributed by atoms with E-state index in [4.69, 9.17) is 9.47 Å². The van der Waals surface area contributed by atoms with Gasteiger partial charge in [0.25, 0.3) is 0 Å². The van der Waals surface area contributed by atoms with Gasteiger partial charge in [0.05, 0.1) is 18.8 Å². The van der Waals surface area contributed by atoms with Gasteiger partial charge in [0.15, 0.2) is 11.6 Å². The largest absolute Gasteiger partial charge is 0.491 e. The molecule has 27 heavy (non-hydrogen) atoms. The fraction of sp³-hybridized carbons (Fsp3) is 0.739. The van der Waals surface area contributed by atoms with Gasteiger partial charge in [0.2, 0.25) is 5.82 Å². The van der Waals surface area contributed by atoms with Gasteiger partial charge < -0.3 is 9.47 Å². The molecule has 1 saturated heterocycles. The average Bonchev–Trinajstić information content (AvgIpc) is 3.13. The van der Waals surface area contributed by atoms with Crippen LogP contribution in [0.5, 0.6) is 5.75 Å². The Balaban J connectivity index is 1.46. The maximum Gasteiger partial charge on any atom is 0.200 e. The van der Waals surface area contributed by atoms with Crippen LogP contribution in [0.2, 0.25) is 0 Å². The minimum atomic E-state index is -0.837. The van der Waals surface area contributed by atoms with Crippen molar-refractivity contribution in [1.82, 2.24) is 0 Å². The third-order valence-electron chi connectivity index (χ3n) is 6.37. The Hall–Kier alpha value is -1.16. The molecule has 3 rings (SSSR count). The first-order chi connectivity index (χ1) is 13.1. The van der Waals surface area contributed by atoms with Gasteiger partial charge in [-0.3, -0.25) is 0 Å². The molecule has 2 unspecified atom stereocenters. The second-order valence-corrected chi connectivity index (χ2v) is 8.26. The van der Waals surface area contributed by atoms with E-state index in [1.807, 2.05) is 0 Å². The SMILES string of the molecule is CCCC1CCC(CCC2CCC(c3ccc(OCC)c(F)c3F)CC2)O1. The molecule has 0 spiro atoms. The zero-order chi connectivity index (χ0) is 19.2. The molecule has 152 valence electrons. The first kappa shape index (κ1) is 20.6. The van der Waals surface area contributed by atoms with E-state index in [1.165, 1.54) is 32.1 Å². The lowest BCUT2D eigenvalue weighted by molar-refractivity contribution is 0.0313. The van der Waals surface area contributed by atoms with Crippen LogP contribution in [-0.4, -0.2) is 18.8 Å². The molecule has 0 aromatic heterocycles. The molecule has 2 nitrogen and oxygen atoms in total. The van der Waals surface area contributed by atoms with Gasteiger partial charge in [-0.05, 0) is 88.2 Å². The summed E-state index contributed by atoms with van der Waals surface area (Å²) in [6.45, 7) is 4.33. The number of rotatable bonds is 8. The predicted octanol–water partition coefficient (Wildman–Crippen LogP) is 6.77. The van der Waals surface area contributed by atoms with Crippen LogP contribution in [0.25, 0.3) is 0 Å². The first-order valence-corrected chi connectivity index (χ1v) is 10.9. The average molecular weight is 381 g/mol. The van der Waals surface area contributed by atoms with Gasteiger partial charge in [0.1, 0.15) is 0 Å². The summed E-state index contributed by atoms with van der Waals surface area (Å²) in [5.41, 5.74) is 0.524. The fourth-order valence-electron chi connectivity index (χ4n) is 4.84. The van der Waals surface area contributed by atoms with E-state index < -0.39 is 11.6 Å². The number of ether oxygens (including phenoxy) is 2. The number of hydrogen-bond acceptors (Lipinski definition) is 2. The molecular weight excluding hydrogens is 346 g/mol. The quantitative estimate of drug-likeness (QED) is 0.496. The molecule has 0 radical (unpaired) electrons. The lowest BCUT2D eigenvalue weighted by Gasteiger charge is -2.29. The summed E-state index contributed by atoms with van der Waals surface area (Å²) in [4.78, 5) is 0. The minimum absolute atomic E-state index is 0.0189. The van der Waals surface area contributed by atoms with Crippen molar-refractivity contribution < 1.29 is 18.3 Å². The molecule has 0 N–H and O–H groups in total. The molecule has 2 atom stereocenters. The lowest BCUT2D eigenvalue weighted by Crippen LogP contribution is -2.17. The highest BCUT2D eigenvalue weighted by molar-refractivity contribution is 5.33. The minimum Gasteiger partial charge on any atom is -0.491 e. The third kappa shape index (κ3) is 5.22. The van der Waals surface area contributed by atoms with Crippen LogP contribution in [0, 0.1) is 17.6 Å². The van der Waals surface area contributed by atoms with Crippen LogP contribution < -0.4 is 4.74 Å². The highest BCUT2D eigenvalue weighted by atomic mass is 19.2. The summed E-state index contributed by atoms with van der Waals surface area (Å²) in [6.07, 6.45) is 12.2. The maximum absolute atomic E-state index is 14.4. The molecule has 0 amide bonds. The Labute approximate surface area is 162 Å². The molecule has 1 heterocycles. The zero-order valence-electron chi connectivity index (χ0n) is 16.8. The van der Waals surface area contributed by atoms with E-state index in [1.54, 1.807) is 19.1 Å². The molecule has 2 aliphatic rings. The summed E-state index contributed by atoms with van der Waals surface area (Å²) in [5, 5.41) is 0. The van der Waals surface area contributed by atoms with Gasteiger partial charge in [0, 0.05) is 0 Å². The molecular formula is C23H34F2O2. The summed E-state index contributed by atoms with van der Waals surface area (Å²) in [7, 11) is 0. The second kappa shape index (κ2) is 9.86. The number of halogens is 2. The normalized spacial score (nSPS) is 28.4. The molecule has 1 aromatic carbocycles. The van der Waals surface area contributed by atoms with E-state index in [2.05, 4.69) is 6.92 Å². The highest BCUT2D eigenvalue weighted by Crippen LogP contribution is 2.40. The second-order valence-electron chi connectivity index (χ2n) is 8.26. The molecule has 1 aliphatic heterocycles.